The van der Waals surface area contributed by atoms with Gasteiger partial charge in [0.2, 0.25) is 21.0 Å². The van der Waals surface area contributed by atoms with Crippen LogP contribution in [0, 0.1) is 10.1 Å². The van der Waals surface area contributed by atoms with Gasteiger partial charge in [0.25, 0.3) is 0 Å². The molecule has 0 bridgehead atoms. The fourth-order valence-electron chi connectivity index (χ4n) is 3.23. The van der Waals surface area contributed by atoms with Crippen molar-refractivity contribution in [2.24, 2.45) is 0 Å². The molecule has 29 heavy (non-hydrogen) atoms. The standard InChI is InChI=1S/C18H22ClN5O4S/c19-17-16(24(25)26)18(22-13-21-17)20-10-9-14-5-7-15(8-6-14)29(27,28)23-11-3-1-2-4-12-23/h5-8,13H,1-4,9-12H2,(H,20,21,22). The fourth-order valence-corrected chi connectivity index (χ4v) is 4.95. The van der Waals surface area contributed by atoms with Crippen molar-refractivity contribution in [3.63, 3.8) is 0 Å². The Kier molecular flexibility index (Phi) is 6.99. The topological polar surface area (TPSA) is 118 Å². The van der Waals surface area contributed by atoms with Crippen LogP contribution >= 0.6 is 11.6 Å². The highest BCUT2D eigenvalue weighted by molar-refractivity contribution is 7.89. The normalized spacial score (nSPS) is 15.6. The van der Waals surface area contributed by atoms with Crippen LogP contribution < -0.4 is 5.32 Å². The Labute approximate surface area is 174 Å². The molecule has 0 saturated carbocycles. The van der Waals surface area contributed by atoms with Crippen molar-refractivity contribution in [3.05, 3.63) is 51.4 Å². The molecule has 156 valence electrons. The van der Waals surface area contributed by atoms with Crippen LogP contribution in [0.15, 0.2) is 35.5 Å². The lowest BCUT2D eigenvalue weighted by Gasteiger charge is -2.20. The predicted molar refractivity (Wildman–Crippen MR) is 110 cm³/mol. The van der Waals surface area contributed by atoms with Gasteiger partial charge in [0.05, 0.1) is 9.82 Å². The monoisotopic (exact) mass is 439 g/mol. The summed E-state index contributed by atoms with van der Waals surface area (Å²) in [5, 5.41) is 13.8. The zero-order valence-electron chi connectivity index (χ0n) is 15.8. The Hall–Kier alpha value is -2.30. The predicted octanol–water partition coefficient (Wildman–Crippen LogP) is 3.26. The smallest absolute Gasteiger partial charge is 0.348 e. The molecule has 1 aromatic carbocycles. The second-order valence-electron chi connectivity index (χ2n) is 6.76. The number of sulfonamides is 1. The molecule has 1 N–H and O–H groups in total. The molecule has 1 aromatic heterocycles. The first-order valence-electron chi connectivity index (χ1n) is 9.37. The molecule has 1 aliphatic heterocycles. The second kappa shape index (κ2) is 9.47. The third-order valence-corrected chi connectivity index (χ3v) is 6.98. The molecule has 0 unspecified atom stereocenters. The summed E-state index contributed by atoms with van der Waals surface area (Å²) < 4.78 is 27.2. The summed E-state index contributed by atoms with van der Waals surface area (Å²) in [7, 11) is -3.47. The van der Waals surface area contributed by atoms with Gasteiger partial charge in [0.15, 0.2) is 0 Å². The van der Waals surface area contributed by atoms with Gasteiger partial charge in [-0.3, -0.25) is 10.1 Å². The van der Waals surface area contributed by atoms with Gasteiger partial charge in [-0.2, -0.15) is 4.31 Å². The lowest BCUT2D eigenvalue weighted by Crippen LogP contribution is -2.31. The van der Waals surface area contributed by atoms with Gasteiger partial charge in [-0.1, -0.05) is 36.6 Å². The molecule has 9 nitrogen and oxygen atoms in total. The largest absolute Gasteiger partial charge is 0.364 e. The lowest BCUT2D eigenvalue weighted by atomic mass is 10.1. The average molecular weight is 440 g/mol. The molecular formula is C18H22ClN5O4S. The highest BCUT2D eigenvalue weighted by Gasteiger charge is 2.25. The molecular weight excluding hydrogens is 418 g/mol. The Balaban J connectivity index is 1.63. The first-order chi connectivity index (χ1) is 13.9. The Bertz CT molecular complexity index is 961. The van der Waals surface area contributed by atoms with Crippen molar-refractivity contribution < 1.29 is 13.3 Å². The lowest BCUT2D eigenvalue weighted by molar-refractivity contribution is -0.384. The number of nitrogens with zero attached hydrogens (tertiary/aromatic N) is 4. The van der Waals surface area contributed by atoms with Crippen LogP contribution in [0.4, 0.5) is 11.5 Å². The quantitative estimate of drug-likeness (QED) is 0.399. The van der Waals surface area contributed by atoms with E-state index < -0.39 is 14.9 Å². The van der Waals surface area contributed by atoms with E-state index in [9.17, 15) is 18.5 Å². The van der Waals surface area contributed by atoms with Crippen molar-refractivity contribution in [2.75, 3.05) is 25.0 Å². The molecule has 0 amide bonds. The summed E-state index contributed by atoms with van der Waals surface area (Å²) >= 11 is 5.76. The SMILES string of the molecule is O=[N+]([O-])c1c(Cl)ncnc1NCCc1ccc(S(=O)(=O)N2CCCCCC2)cc1. The van der Waals surface area contributed by atoms with Crippen molar-refractivity contribution in [1.82, 2.24) is 14.3 Å². The number of rotatable bonds is 7. The molecule has 1 saturated heterocycles. The van der Waals surface area contributed by atoms with E-state index in [2.05, 4.69) is 15.3 Å². The van der Waals surface area contributed by atoms with E-state index in [0.717, 1.165) is 37.6 Å². The number of halogens is 1. The highest BCUT2D eigenvalue weighted by atomic mass is 35.5. The molecule has 0 aliphatic carbocycles. The van der Waals surface area contributed by atoms with Gasteiger partial charge in [-0.25, -0.2) is 18.4 Å². The maximum atomic E-state index is 12.8. The van der Waals surface area contributed by atoms with Crippen molar-refractivity contribution in [1.29, 1.82) is 0 Å². The molecule has 2 aromatic rings. The molecule has 0 radical (unpaired) electrons. The molecule has 0 spiro atoms. The van der Waals surface area contributed by atoms with E-state index in [1.807, 2.05) is 0 Å². The average Bonchev–Trinajstić information content (AvgIpc) is 2.98. The third-order valence-electron chi connectivity index (χ3n) is 4.79. The maximum Gasteiger partial charge on any atom is 0.348 e. The number of nitrogens with one attached hydrogen (secondary N) is 1. The van der Waals surface area contributed by atoms with Gasteiger partial charge >= 0.3 is 5.69 Å². The number of hydrogen-bond acceptors (Lipinski definition) is 7. The molecule has 2 heterocycles. The van der Waals surface area contributed by atoms with Gasteiger partial charge in [0, 0.05) is 19.6 Å². The Morgan fingerprint density at radius 3 is 2.38 bits per heavy atom. The zero-order valence-corrected chi connectivity index (χ0v) is 17.3. The Morgan fingerprint density at radius 1 is 1.10 bits per heavy atom. The summed E-state index contributed by atoms with van der Waals surface area (Å²) in [6, 6.07) is 6.74. The zero-order chi connectivity index (χ0) is 20.9. The van der Waals surface area contributed by atoms with Crippen molar-refractivity contribution in [2.45, 2.75) is 37.0 Å². The van der Waals surface area contributed by atoms with Crippen LogP contribution in [0.3, 0.4) is 0 Å². The fraction of sp³-hybridized carbons (Fsp3) is 0.444. The van der Waals surface area contributed by atoms with Crippen LogP contribution in [-0.4, -0.2) is 47.2 Å². The van der Waals surface area contributed by atoms with E-state index in [1.54, 1.807) is 28.6 Å². The second-order valence-corrected chi connectivity index (χ2v) is 9.05. The summed E-state index contributed by atoms with van der Waals surface area (Å²) in [4.78, 5) is 18.2. The minimum absolute atomic E-state index is 0.0513. The van der Waals surface area contributed by atoms with Gasteiger partial charge < -0.3 is 5.32 Å². The van der Waals surface area contributed by atoms with Crippen LogP contribution in [0.2, 0.25) is 5.15 Å². The number of anilines is 1. The first kappa shape index (κ1) is 21.4. The van der Waals surface area contributed by atoms with Crippen LogP contribution in [0.25, 0.3) is 0 Å². The number of nitro groups is 1. The van der Waals surface area contributed by atoms with Gasteiger partial charge in [-0.05, 0) is 37.0 Å². The van der Waals surface area contributed by atoms with Gasteiger partial charge in [-0.15, -0.1) is 0 Å². The van der Waals surface area contributed by atoms with Gasteiger partial charge in [0.1, 0.15) is 6.33 Å². The van der Waals surface area contributed by atoms with Crippen LogP contribution in [-0.2, 0) is 16.4 Å². The molecule has 1 fully saturated rings. The van der Waals surface area contributed by atoms with Crippen molar-refractivity contribution >= 4 is 33.1 Å². The summed E-state index contributed by atoms with van der Waals surface area (Å²) in [6.07, 6.45) is 5.59. The number of aromatic nitrogens is 2. The number of hydrogen-bond donors (Lipinski definition) is 1. The summed E-state index contributed by atoms with van der Waals surface area (Å²) in [5.41, 5.74) is 0.531. The number of benzene rings is 1. The molecule has 1 aliphatic rings. The highest BCUT2D eigenvalue weighted by Crippen LogP contribution is 2.28. The van der Waals surface area contributed by atoms with E-state index in [-0.39, 0.29) is 21.6 Å². The summed E-state index contributed by atoms with van der Waals surface area (Å²) in [5.74, 6) is 0.0513. The molecule has 0 atom stereocenters. The van der Waals surface area contributed by atoms with Crippen LogP contribution in [0.1, 0.15) is 31.2 Å². The first-order valence-corrected chi connectivity index (χ1v) is 11.2. The van der Waals surface area contributed by atoms with E-state index in [1.165, 1.54) is 0 Å². The summed E-state index contributed by atoms with van der Waals surface area (Å²) in [6.45, 7) is 1.49. The molecule has 3 rings (SSSR count). The third kappa shape index (κ3) is 5.20. The van der Waals surface area contributed by atoms with Crippen LogP contribution in [0.5, 0.6) is 0 Å². The minimum Gasteiger partial charge on any atom is -0.364 e. The Morgan fingerprint density at radius 2 is 1.76 bits per heavy atom. The van der Waals surface area contributed by atoms with E-state index in [4.69, 9.17) is 11.6 Å². The minimum atomic E-state index is -3.47. The van der Waals surface area contributed by atoms with E-state index in [0.29, 0.717) is 26.1 Å². The molecule has 11 heteroatoms. The maximum absolute atomic E-state index is 12.8. The van der Waals surface area contributed by atoms with E-state index >= 15 is 0 Å². The van der Waals surface area contributed by atoms with Crippen molar-refractivity contribution in [3.8, 4) is 0 Å².